The number of hydrogen-bond acceptors (Lipinski definition) is 3. The van der Waals surface area contributed by atoms with Crippen molar-refractivity contribution in [2.45, 2.75) is 77.3 Å². The molecule has 0 aromatic heterocycles. The highest BCUT2D eigenvalue weighted by Crippen LogP contribution is 2.31. The predicted molar refractivity (Wildman–Crippen MR) is 84.9 cm³/mol. The van der Waals surface area contributed by atoms with Gasteiger partial charge in [-0.05, 0) is 56.4 Å². The Morgan fingerprint density at radius 1 is 1.15 bits per heavy atom. The minimum atomic E-state index is 0.299. The first-order valence-electron chi connectivity index (χ1n) is 8.70. The van der Waals surface area contributed by atoms with E-state index in [0.29, 0.717) is 18.1 Å². The van der Waals surface area contributed by atoms with Gasteiger partial charge in [-0.25, -0.2) is 0 Å². The van der Waals surface area contributed by atoms with E-state index in [2.05, 4.69) is 24.5 Å². The van der Waals surface area contributed by atoms with Crippen LogP contribution in [0.2, 0.25) is 0 Å². The Morgan fingerprint density at radius 2 is 1.95 bits per heavy atom. The molecule has 1 saturated heterocycles. The van der Waals surface area contributed by atoms with Crippen LogP contribution in [0.3, 0.4) is 0 Å². The molecule has 2 aliphatic rings. The fraction of sp³-hybridized carbons (Fsp3) is 1.00. The summed E-state index contributed by atoms with van der Waals surface area (Å²) in [6, 6.07) is 1.46. The summed E-state index contributed by atoms with van der Waals surface area (Å²) < 4.78 is 0. The average molecular weight is 282 g/mol. The van der Waals surface area contributed by atoms with Crippen molar-refractivity contribution in [2.75, 3.05) is 19.7 Å². The molecule has 0 aromatic carbocycles. The SMILES string of the molecule is CC(C)(CCCO)CNC1CCCCC1C1CCCN1. The minimum absolute atomic E-state index is 0.299. The van der Waals surface area contributed by atoms with Crippen LogP contribution in [0.4, 0.5) is 0 Å². The Bertz CT molecular complexity index is 274. The predicted octanol–water partition coefficient (Wildman–Crippen LogP) is 2.69. The van der Waals surface area contributed by atoms with Gasteiger partial charge in [0.1, 0.15) is 0 Å². The Labute approximate surface area is 124 Å². The molecule has 0 bridgehead atoms. The standard InChI is InChI=1S/C17H34N2O/c1-17(2,10-6-12-20)13-19-16-8-4-3-7-14(16)15-9-5-11-18-15/h14-16,18-20H,3-13H2,1-2H3. The largest absolute Gasteiger partial charge is 0.396 e. The van der Waals surface area contributed by atoms with Crippen LogP contribution in [-0.2, 0) is 0 Å². The lowest BCUT2D eigenvalue weighted by Gasteiger charge is -2.38. The van der Waals surface area contributed by atoms with Gasteiger partial charge in [-0.3, -0.25) is 0 Å². The summed E-state index contributed by atoms with van der Waals surface area (Å²) >= 11 is 0. The first-order valence-corrected chi connectivity index (χ1v) is 8.70. The Morgan fingerprint density at radius 3 is 2.65 bits per heavy atom. The molecule has 0 aromatic rings. The van der Waals surface area contributed by atoms with Crippen molar-refractivity contribution in [1.82, 2.24) is 10.6 Å². The molecular weight excluding hydrogens is 248 g/mol. The van der Waals surface area contributed by atoms with Gasteiger partial charge in [-0.2, -0.15) is 0 Å². The van der Waals surface area contributed by atoms with Crippen LogP contribution in [0.5, 0.6) is 0 Å². The quantitative estimate of drug-likeness (QED) is 0.673. The molecule has 1 heterocycles. The Kier molecular flexibility index (Phi) is 6.31. The number of aliphatic hydroxyl groups excluding tert-OH is 1. The molecule has 0 amide bonds. The molecule has 1 aliphatic heterocycles. The van der Waals surface area contributed by atoms with Gasteiger partial charge in [-0.1, -0.05) is 26.7 Å². The van der Waals surface area contributed by atoms with Gasteiger partial charge in [0.2, 0.25) is 0 Å². The summed E-state index contributed by atoms with van der Waals surface area (Å²) in [6.07, 6.45) is 10.3. The van der Waals surface area contributed by atoms with Gasteiger partial charge in [0.15, 0.2) is 0 Å². The number of rotatable bonds is 7. The highest BCUT2D eigenvalue weighted by Gasteiger charge is 2.33. The van der Waals surface area contributed by atoms with Crippen molar-refractivity contribution in [2.24, 2.45) is 11.3 Å². The number of aliphatic hydroxyl groups is 1. The fourth-order valence-electron chi connectivity index (χ4n) is 4.02. The molecule has 3 heteroatoms. The van der Waals surface area contributed by atoms with E-state index < -0.39 is 0 Å². The summed E-state index contributed by atoms with van der Waals surface area (Å²) in [7, 11) is 0. The topological polar surface area (TPSA) is 44.3 Å². The second-order valence-corrected chi connectivity index (χ2v) is 7.63. The zero-order valence-electron chi connectivity index (χ0n) is 13.5. The molecular formula is C17H34N2O. The van der Waals surface area contributed by atoms with Crippen molar-refractivity contribution < 1.29 is 5.11 Å². The minimum Gasteiger partial charge on any atom is -0.396 e. The maximum Gasteiger partial charge on any atom is 0.0431 e. The third kappa shape index (κ3) is 4.71. The molecule has 2 fully saturated rings. The van der Waals surface area contributed by atoms with Gasteiger partial charge >= 0.3 is 0 Å². The number of nitrogens with one attached hydrogen (secondary N) is 2. The monoisotopic (exact) mass is 282 g/mol. The second-order valence-electron chi connectivity index (χ2n) is 7.63. The second kappa shape index (κ2) is 7.77. The molecule has 3 atom stereocenters. The summed E-state index contributed by atoms with van der Waals surface area (Å²) in [4.78, 5) is 0. The summed E-state index contributed by atoms with van der Waals surface area (Å²) in [5.74, 6) is 0.833. The first kappa shape index (κ1) is 16.3. The fourth-order valence-corrected chi connectivity index (χ4v) is 4.02. The highest BCUT2D eigenvalue weighted by atomic mass is 16.2. The van der Waals surface area contributed by atoms with Crippen LogP contribution in [0.1, 0.15) is 65.2 Å². The van der Waals surface area contributed by atoms with Crippen molar-refractivity contribution in [3.8, 4) is 0 Å². The van der Waals surface area contributed by atoms with Gasteiger partial charge in [-0.15, -0.1) is 0 Å². The van der Waals surface area contributed by atoms with Gasteiger partial charge < -0.3 is 15.7 Å². The van der Waals surface area contributed by atoms with Crippen molar-refractivity contribution >= 4 is 0 Å². The molecule has 3 N–H and O–H groups in total. The molecule has 3 unspecified atom stereocenters. The van der Waals surface area contributed by atoms with E-state index in [1.54, 1.807) is 0 Å². The molecule has 1 saturated carbocycles. The van der Waals surface area contributed by atoms with Crippen molar-refractivity contribution in [3.05, 3.63) is 0 Å². The van der Waals surface area contributed by atoms with Gasteiger partial charge in [0.05, 0.1) is 0 Å². The third-order valence-corrected chi connectivity index (χ3v) is 5.29. The van der Waals surface area contributed by atoms with E-state index in [1.165, 1.54) is 45.1 Å². The molecule has 0 radical (unpaired) electrons. The lowest BCUT2D eigenvalue weighted by atomic mass is 9.78. The lowest BCUT2D eigenvalue weighted by Crippen LogP contribution is -2.49. The summed E-state index contributed by atoms with van der Waals surface area (Å²) in [5, 5.41) is 16.6. The van der Waals surface area contributed by atoms with Crippen LogP contribution >= 0.6 is 0 Å². The van der Waals surface area contributed by atoms with E-state index in [1.807, 2.05) is 0 Å². The molecule has 0 spiro atoms. The highest BCUT2D eigenvalue weighted by molar-refractivity contribution is 4.92. The van der Waals surface area contributed by atoms with E-state index in [0.717, 1.165) is 31.3 Å². The summed E-state index contributed by atoms with van der Waals surface area (Å²) in [6.45, 7) is 7.26. The molecule has 1 aliphatic carbocycles. The van der Waals surface area contributed by atoms with Crippen LogP contribution in [0.25, 0.3) is 0 Å². The maximum absolute atomic E-state index is 9.00. The van der Waals surface area contributed by atoms with Crippen LogP contribution < -0.4 is 10.6 Å². The zero-order chi connectivity index (χ0) is 14.4. The zero-order valence-corrected chi connectivity index (χ0v) is 13.5. The number of hydrogen-bond donors (Lipinski definition) is 3. The van der Waals surface area contributed by atoms with Crippen molar-refractivity contribution in [3.63, 3.8) is 0 Å². The van der Waals surface area contributed by atoms with Crippen LogP contribution in [-0.4, -0.2) is 36.9 Å². The van der Waals surface area contributed by atoms with Gasteiger partial charge in [0, 0.05) is 25.2 Å². The molecule has 2 rings (SSSR count). The lowest BCUT2D eigenvalue weighted by molar-refractivity contribution is 0.182. The Balaban J connectivity index is 1.82. The Hall–Kier alpha value is -0.120. The smallest absolute Gasteiger partial charge is 0.0431 e. The maximum atomic E-state index is 9.00. The third-order valence-electron chi connectivity index (χ3n) is 5.29. The van der Waals surface area contributed by atoms with Crippen LogP contribution in [0, 0.1) is 11.3 Å². The van der Waals surface area contributed by atoms with Crippen LogP contribution in [0.15, 0.2) is 0 Å². The van der Waals surface area contributed by atoms with E-state index in [-0.39, 0.29) is 0 Å². The van der Waals surface area contributed by atoms with E-state index >= 15 is 0 Å². The van der Waals surface area contributed by atoms with E-state index in [4.69, 9.17) is 5.11 Å². The van der Waals surface area contributed by atoms with Gasteiger partial charge in [0.25, 0.3) is 0 Å². The normalized spacial score (nSPS) is 31.6. The summed E-state index contributed by atoms with van der Waals surface area (Å²) in [5.41, 5.74) is 0.299. The molecule has 118 valence electrons. The average Bonchev–Trinajstić information content (AvgIpc) is 2.97. The van der Waals surface area contributed by atoms with E-state index in [9.17, 15) is 0 Å². The molecule has 3 nitrogen and oxygen atoms in total. The molecule has 20 heavy (non-hydrogen) atoms. The first-order chi connectivity index (χ1) is 9.62. The van der Waals surface area contributed by atoms with Crippen molar-refractivity contribution in [1.29, 1.82) is 0 Å².